The van der Waals surface area contributed by atoms with Crippen LogP contribution in [0.2, 0.25) is 5.28 Å². The van der Waals surface area contributed by atoms with Crippen LogP contribution in [0.5, 0.6) is 11.8 Å². The molecule has 4 aromatic rings. The SMILES string of the molecule is Cc1cccc(C)c1Oc1nc2ccccc2n1-c1ccnc(Cl)n1.[H-].[Na+]. The number of halogens is 1. The van der Waals surface area contributed by atoms with Crippen molar-refractivity contribution in [3.05, 3.63) is 71.1 Å². The maximum Gasteiger partial charge on any atom is 1.00 e. The average Bonchev–Trinajstić information content (AvgIpc) is 2.96. The molecule has 0 bridgehead atoms. The van der Waals surface area contributed by atoms with Crippen LogP contribution in [0.4, 0.5) is 0 Å². The van der Waals surface area contributed by atoms with Crippen molar-refractivity contribution in [2.24, 2.45) is 0 Å². The van der Waals surface area contributed by atoms with E-state index in [1.54, 1.807) is 12.3 Å². The van der Waals surface area contributed by atoms with Crippen molar-refractivity contribution in [2.75, 3.05) is 0 Å². The summed E-state index contributed by atoms with van der Waals surface area (Å²) in [4.78, 5) is 12.9. The molecule has 0 aliphatic carbocycles. The topological polar surface area (TPSA) is 52.8 Å². The first kappa shape index (κ1) is 18.9. The van der Waals surface area contributed by atoms with Crippen LogP contribution in [0.15, 0.2) is 54.7 Å². The van der Waals surface area contributed by atoms with Crippen molar-refractivity contribution in [3.8, 4) is 17.6 Å². The number of hydrogen-bond donors (Lipinski definition) is 0. The smallest absolute Gasteiger partial charge is 1.00 e. The molecule has 0 saturated carbocycles. The normalized spacial score (nSPS) is 10.6. The molecule has 126 valence electrons. The minimum Gasteiger partial charge on any atom is -1.00 e. The molecule has 0 fully saturated rings. The maximum atomic E-state index is 6.20. The van der Waals surface area contributed by atoms with Crippen LogP contribution in [0.25, 0.3) is 16.9 Å². The summed E-state index contributed by atoms with van der Waals surface area (Å²) in [6, 6.07) is 16.0. The summed E-state index contributed by atoms with van der Waals surface area (Å²) in [6.45, 7) is 4.02. The molecule has 5 nitrogen and oxygen atoms in total. The van der Waals surface area contributed by atoms with Crippen LogP contribution in [0.3, 0.4) is 0 Å². The third-order valence-electron chi connectivity index (χ3n) is 3.97. The molecular formula is C19H16ClN4NaO. The molecule has 2 aromatic heterocycles. The van der Waals surface area contributed by atoms with Gasteiger partial charge in [0.15, 0.2) is 0 Å². The Labute approximate surface area is 179 Å². The number of rotatable bonds is 3. The molecule has 7 heteroatoms. The molecule has 4 rings (SSSR count). The molecule has 0 N–H and O–H groups in total. The molecule has 0 aliphatic rings. The number of para-hydroxylation sites is 3. The maximum absolute atomic E-state index is 6.20. The number of imidazole rings is 1. The summed E-state index contributed by atoms with van der Waals surface area (Å²) in [5.41, 5.74) is 3.79. The summed E-state index contributed by atoms with van der Waals surface area (Å²) in [5, 5.41) is 0.174. The third kappa shape index (κ3) is 3.48. The minimum atomic E-state index is 0. The van der Waals surface area contributed by atoms with Gasteiger partial charge in [0.1, 0.15) is 11.6 Å². The molecule has 0 radical (unpaired) electrons. The Balaban J connectivity index is 0.00000131. The zero-order chi connectivity index (χ0) is 17.4. The van der Waals surface area contributed by atoms with E-state index in [4.69, 9.17) is 16.3 Å². The van der Waals surface area contributed by atoms with E-state index in [2.05, 4.69) is 15.0 Å². The Hall–Kier alpha value is -1.92. The Morgan fingerprint density at radius 3 is 2.42 bits per heavy atom. The minimum absolute atomic E-state index is 0. The predicted molar refractivity (Wildman–Crippen MR) is 98.8 cm³/mol. The summed E-state index contributed by atoms with van der Waals surface area (Å²) in [7, 11) is 0. The van der Waals surface area contributed by atoms with Gasteiger partial charge in [0.2, 0.25) is 5.28 Å². The molecular weight excluding hydrogens is 359 g/mol. The van der Waals surface area contributed by atoms with Crippen molar-refractivity contribution >= 4 is 22.6 Å². The number of fused-ring (bicyclic) bond motifs is 1. The second kappa shape index (κ2) is 7.76. The van der Waals surface area contributed by atoms with Gasteiger partial charge < -0.3 is 6.16 Å². The standard InChI is InChI=1S/C19H15ClN4O.Na.H/c1-12-6-5-7-13(2)17(12)25-19-22-14-8-3-4-9-15(14)24(19)16-10-11-21-18(20)23-16;;/h3-11H,1-2H3;;/q;+1;-1. The molecule has 2 heterocycles. The van der Waals surface area contributed by atoms with Gasteiger partial charge in [-0.1, -0.05) is 30.3 Å². The van der Waals surface area contributed by atoms with Gasteiger partial charge >= 0.3 is 35.6 Å². The molecule has 0 atom stereocenters. The van der Waals surface area contributed by atoms with Gasteiger partial charge in [-0.05, 0) is 48.7 Å². The van der Waals surface area contributed by atoms with Crippen molar-refractivity contribution in [1.29, 1.82) is 0 Å². The van der Waals surface area contributed by atoms with E-state index in [-0.39, 0.29) is 36.3 Å². The molecule has 26 heavy (non-hydrogen) atoms. The van der Waals surface area contributed by atoms with E-state index in [1.165, 1.54) is 0 Å². The van der Waals surface area contributed by atoms with Crippen LogP contribution >= 0.6 is 11.6 Å². The van der Waals surface area contributed by atoms with Crippen molar-refractivity contribution in [1.82, 2.24) is 19.5 Å². The molecule has 2 aromatic carbocycles. The molecule has 0 aliphatic heterocycles. The van der Waals surface area contributed by atoms with Gasteiger partial charge in [-0.25, -0.2) is 9.55 Å². The quantitative estimate of drug-likeness (QED) is 0.406. The first-order valence-electron chi connectivity index (χ1n) is 7.84. The van der Waals surface area contributed by atoms with E-state index in [0.717, 1.165) is 27.9 Å². The van der Waals surface area contributed by atoms with Gasteiger partial charge in [0, 0.05) is 12.3 Å². The van der Waals surface area contributed by atoms with Crippen molar-refractivity contribution in [3.63, 3.8) is 0 Å². The number of nitrogens with zero attached hydrogens (tertiary/aromatic N) is 4. The number of aromatic nitrogens is 4. The molecule has 0 saturated heterocycles. The molecule has 0 amide bonds. The number of ether oxygens (including phenoxy) is 1. The fraction of sp³-hybridized carbons (Fsp3) is 0.105. The van der Waals surface area contributed by atoms with Crippen molar-refractivity contribution < 1.29 is 35.7 Å². The Morgan fingerprint density at radius 2 is 1.69 bits per heavy atom. The number of benzene rings is 2. The van der Waals surface area contributed by atoms with E-state index < -0.39 is 0 Å². The van der Waals surface area contributed by atoms with Crippen LogP contribution in [0.1, 0.15) is 12.6 Å². The van der Waals surface area contributed by atoms with Crippen LogP contribution in [-0.2, 0) is 0 Å². The van der Waals surface area contributed by atoms with E-state index in [1.807, 2.05) is 60.9 Å². The van der Waals surface area contributed by atoms with Crippen molar-refractivity contribution in [2.45, 2.75) is 13.8 Å². The number of hydrogen-bond acceptors (Lipinski definition) is 4. The van der Waals surface area contributed by atoms with Gasteiger partial charge in [-0.3, -0.25) is 0 Å². The largest absolute Gasteiger partial charge is 1.00 e. The Morgan fingerprint density at radius 1 is 0.962 bits per heavy atom. The zero-order valence-electron chi connectivity index (χ0n) is 15.8. The van der Waals surface area contributed by atoms with E-state index in [9.17, 15) is 0 Å². The Kier molecular flexibility index (Phi) is 5.63. The fourth-order valence-corrected chi connectivity index (χ4v) is 2.94. The van der Waals surface area contributed by atoms with Gasteiger partial charge in [0.25, 0.3) is 0 Å². The van der Waals surface area contributed by atoms with E-state index >= 15 is 0 Å². The first-order valence-corrected chi connectivity index (χ1v) is 8.22. The summed E-state index contributed by atoms with van der Waals surface area (Å²) in [6.07, 6.45) is 1.61. The van der Waals surface area contributed by atoms with E-state index in [0.29, 0.717) is 11.8 Å². The summed E-state index contributed by atoms with van der Waals surface area (Å²) >= 11 is 5.98. The monoisotopic (exact) mass is 374 g/mol. The van der Waals surface area contributed by atoms with Crippen LogP contribution < -0.4 is 34.3 Å². The second-order valence-electron chi connectivity index (χ2n) is 5.73. The fourth-order valence-electron chi connectivity index (χ4n) is 2.80. The van der Waals surface area contributed by atoms with Crippen LogP contribution in [-0.4, -0.2) is 19.5 Å². The summed E-state index contributed by atoms with van der Waals surface area (Å²) < 4.78 is 8.04. The molecule has 0 spiro atoms. The van der Waals surface area contributed by atoms with Gasteiger partial charge in [0.05, 0.1) is 11.0 Å². The number of aryl methyl sites for hydroxylation is 2. The Bertz CT molecular complexity index is 1070. The first-order chi connectivity index (χ1) is 12.1. The molecule has 0 unspecified atom stereocenters. The predicted octanol–water partition coefficient (Wildman–Crippen LogP) is 1.99. The zero-order valence-corrected chi connectivity index (χ0v) is 17.5. The average molecular weight is 375 g/mol. The second-order valence-corrected chi connectivity index (χ2v) is 6.06. The van der Waals surface area contributed by atoms with Gasteiger partial charge in [-0.2, -0.15) is 9.97 Å². The third-order valence-corrected chi connectivity index (χ3v) is 4.15. The summed E-state index contributed by atoms with van der Waals surface area (Å²) in [5.74, 6) is 1.40. The van der Waals surface area contributed by atoms with Crippen LogP contribution in [0, 0.1) is 13.8 Å². The van der Waals surface area contributed by atoms with Gasteiger partial charge in [-0.15, -0.1) is 0 Å².